The second-order valence-corrected chi connectivity index (χ2v) is 13.4. The molecule has 2 fully saturated rings. The average Bonchev–Trinajstić information content (AvgIpc) is 3.25. The molecule has 234 valence electrons. The van der Waals surface area contributed by atoms with Crippen molar-refractivity contribution in [1.29, 1.82) is 0 Å². The molecule has 0 saturated heterocycles. The van der Waals surface area contributed by atoms with E-state index in [1.165, 1.54) is 24.0 Å². The van der Waals surface area contributed by atoms with E-state index in [9.17, 15) is 32.2 Å². The third kappa shape index (κ3) is 7.76. The number of aryl methyl sites for hydroxylation is 1. The Kier molecular flexibility index (Phi) is 11.0. The summed E-state index contributed by atoms with van der Waals surface area (Å²) >= 11 is 0. The minimum Gasteiger partial charge on any atom is -0.508 e. The second-order valence-electron chi connectivity index (χ2n) is 13.4. The molecule has 5 atom stereocenters. The van der Waals surface area contributed by atoms with Gasteiger partial charge in [0.25, 0.3) is 0 Å². The van der Waals surface area contributed by atoms with Gasteiger partial charge in [0.15, 0.2) is 0 Å². The average molecular weight is 588 g/mol. The van der Waals surface area contributed by atoms with E-state index in [1.54, 1.807) is 0 Å². The number of halogens is 5. The van der Waals surface area contributed by atoms with Crippen LogP contribution in [0.2, 0.25) is 0 Å². The fourth-order valence-corrected chi connectivity index (χ4v) is 8.53. The van der Waals surface area contributed by atoms with Gasteiger partial charge < -0.3 is 15.1 Å². The first-order valence-electron chi connectivity index (χ1n) is 16.1. The van der Waals surface area contributed by atoms with Gasteiger partial charge >= 0.3 is 12.1 Å². The lowest BCUT2D eigenvalue weighted by Crippen LogP contribution is -2.45. The number of fused-ring (bicyclic) bond motifs is 5. The van der Waals surface area contributed by atoms with E-state index in [0.717, 1.165) is 83.7 Å². The van der Waals surface area contributed by atoms with E-state index < -0.39 is 18.5 Å². The monoisotopic (exact) mass is 587 g/mol. The lowest BCUT2D eigenvalue weighted by Gasteiger charge is -2.52. The third-order valence-electron chi connectivity index (χ3n) is 10.8. The topological polar surface area (TPSA) is 43.7 Å². The van der Waals surface area contributed by atoms with Crippen molar-refractivity contribution in [2.45, 2.75) is 133 Å². The molecule has 0 radical (unpaired) electrons. The Labute approximate surface area is 242 Å². The van der Waals surface area contributed by atoms with Gasteiger partial charge in [-0.2, -0.15) is 22.0 Å². The molecule has 3 nitrogen and oxygen atoms in total. The van der Waals surface area contributed by atoms with Crippen LogP contribution >= 0.6 is 0 Å². The zero-order valence-electron chi connectivity index (χ0n) is 24.7. The molecule has 3 aliphatic carbocycles. The van der Waals surface area contributed by atoms with E-state index in [0.29, 0.717) is 36.3 Å². The Balaban J connectivity index is 1.09. The lowest BCUT2D eigenvalue weighted by molar-refractivity contribution is -0.284. The van der Waals surface area contributed by atoms with E-state index in [2.05, 4.69) is 18.0 Å². The molecule has 0 spiro atoms. The molecule has 4 rings (SSSR count). The largest absolute Gasteiger partial charge is 0.508 e. The molecule has 2 N–H and O–H groups in total. The van der Waals surface area contributed by atoms with Crippen molar-refractivity contribution < 1.29 is 32.2 Å². The molecule has 3 aliphatic rings. The smallest absolute Gasteiger partial charge is 0.453 e. The van der Waals surface area contributed by atoms with Crippen molar-refractivity contribution in [2.24, 2.45) is 17.3 Å². The quantitative estimate of drug-likeness (QED) is 0.159. The lowest BCUT2D eigenvalue weighted by atomic mass is 9.53. The first-order chi connectivity index (χ1) is 19.4. The number of hydrogen-bond acceptors (Lipinski definition) is 3. The molecule has 41 heavy (non-hydrogen) atoms. The summed E-state index contributed by atoms with van der Waals surface area (Å²) in [6.07, 6.45) is 8.31. The standard InChI is InChI=1S/C33H50F5NO2/c1-39(21-9-5-2-3-8-19-32(34,35)33(36,37)38)22-10-6-4-7-18-31-20-17-27-26-14-12-25(40)23-24(26)11-13-28(27)29(31)15-16-30(31)41/h12,14,23,27-30,40-41H,2-11,13,15-22H2,1H3/t27-,28-,29+,30+,31+/m1/s1. The number of aliphatic hydroxyl groups is 1. The maximum absolute atomic E-state index is 12.9. The fraction of sp³-hybridized carbons (Fsp3) is 0.818. The van der Waals surface area contributed by atoms with Gasteiger partial charge in [-0.25, -0.2) is 0 Å². The van der Waals surface area contributed by atoms with E-state index in [4.69, 9.17) is 0 Å². The summed E-state index contributed by atoms with van der Waals surface area (Å²) in [5.41, 5.74) is 2.83. The Morgan fingerprint density at radius 3 is 2.22 bits per heavy atom. The van der Waals surface area contributed by atoms with Crippen molar-refractivity contribution in [2.75, 3.05) is 20.1 Å². The van der Waals surface area contributed by atoms with Gasteiger partial charge in [0.05, 0.1) is 6.10 Å². The van der Waals surface area contributed by atoms with Crippen LogP contribution in [0, 0.1) is 17.3 Å². The minimum atomic E-state index is -5.44. The van der Waals surface area contributed by atoms with Gasteiger partial charge in [0.2, 0.25) is 0 Å². The van der Waals surface area contributed by atoms with Crippen LogP contribution in [0.25, 0.3) is 0 Å². The Morgan fingerprint density at radius 1 is 0.854 bits per heavy atom. The maximum Gasteiger partial charge on any atom is 0.453 e. The Morgan fingerprint density at radius 2 is 1.51 bits per heavy atom. The van der Waals surface area contributed by atoms with Crippen LogP contribution in [0.5, 0.6) is 5.75 Å². The number of alkyl halides is 5. The van der Waals surface area contributed by atoms with Gasteiger partial charge in [-0.15, -0.1) is 0 Å². The third-order valence-corrected chi connectivity index (χ3v) is 10.8. The van der Waals surface area contributed by atoms with E-state index in [1.807, 2.05) is 12.1 Å². The van der Waals surface area contributed by atoms with Crippen molar-refractivity contribution in [3.05, 3.63) is 29.3 Å². The molecule has 0 aromatic heterocycles. The predicted octanol–water partition coefficient (Wildman–Crippen LogP) is 9.01. The number of nitrogens with zero attached hydrogens (tertiary/aromatic N) is 1. The zero-order chi connectivity index (χ0) is 29.7. The molecule has 1 aromatic carbocycles. The normalized spacial score (nSPS) is 28.0. The highest BCUT2D eigenvalue weighted by molar-refractivity contribution is 5.40. The summed E-state index contributed by atoms with van der Waals surface area (Å²) in [4.78, 5) is 2.29. The number of unbranched alkanes of at least 4 members (excludes halogenated alkanes) is 7. The highest BCUT2D eigenvalue weighted by Crippen LogP contribution is 2.63. The van der Waals surface area contributed by atoms with Crippen molar-refractivity contribution in [3.63, 3.8) is 0 Å². The second kappa shape index (κ2) is 13.9. The predicted molar refractivity (Wildman–Crippen MR) is 152 cm³/mol. The molecule has 0 unspecified atom stereocenters. The SMILES string of the molecule is CN(CCCCCCCC(F)(F)C(F)(F)F)CCCCCC[C@]12CC[C@@H]3c4ccc(O)cc4CC[C@H]3[C@@H]1CC[C@@H]2O. The van der Waals surface area contributed by atoms with Crippen LogP contribution in [0.1, 0.15) is 120 Å². The van der Waals surface area contributed by atoms with Gasteiger partial charge in [-0.1, -0.05) is 44.6 Å². The van der Waals surface area contributed by atoms with Crippen molar-refractivity contribution >= 4 is 0 Å². The van der Waals surface area contributed by atoms with Crippen LogP contribution in [0.15, 0.2) is 18.2 Å². The molecular weight excluding hydrogens is 537 g/mol. The molecule has 0 bridgehead atoms. The van der Waals surface area contributed by atoms with Crippen LogP contribution in [0.4, 0.5) is 22.0 Å². The van der Waals surface area contributed by atoms with Gasteiger partial charge in [0.1, 0.15) is 5.75 Å². The van der Waals surface area contributed by atoms with Crippen molar-refractivity contribution in [1.82, 2.24) is 4.90 Å². The van der Waals surface area contributed by atoms with Crippen LogP contribution in [-0.4, -0.2) is 53.5 Å². The fourth-order valence-electron chi connectivity index (χ4n) is 8.53. The van der Waals surface area contributed by atoms with E-state index in [-0.39, 0.29) is 17.9 Å². The Bertz CT molecular complexity index is 969. The van der Waals surface area contributed by atoms with Crippen LogP contribution in [0.3, 0.4) is 0 Å². The summed E-state index contributed by atoms with van der Waals surface area (Å²) in [7, 11) is 2.09. The molecular formula is C33H50F5NO2. The molecule has 2 saturated carbocycles. The number of hydrogen-bond donors (Lipinski definition) is 2. The minimum absolute atomic E-state index is 0.0784. The number of phenols is 1. The van der Waals surface area contributed by atoms with Crippen molar-refractivity contribution in [3.8, 4) is 5.75 Å². The first kappa shape index (κ1) is 32.5. The van der Waals surface area contributed by atoms with Gasteiger partial charge in [-0.05, 0) is 131 Å². The maximum atomic E-state index is 12.9. The zero-order valence-corrected chi connectivity index (χ0v) is 24.7. The summed E-state index contributed by atoms with van der Waals surface area (Å²) in [5, 5.41) is 21.1. The highest BCUT2D eigenvalue weighted by Gasteiger charge is 2.57. The molecule has 0 amide bonds. The Hall–Kier alpha value is -1.41. The number of aromatic hydroxyl groups is 1. The van der Waals surface area contributed by atoms with Crippen LogP contribution in [-0.2, 0) is 6.42 Å². The number of aliphatic hydroxyl groups excluding tert-OH is 1. The highest BCUT2D eigenvalue weighted by atomic mass is 19.4. The summed E-state index contributed by atoms with van der Waals surface area (Å²) < 4.78 is 62.5. The number of rotatable bonds is 15. The van der Waals surface area contributed by atoms with Gasteiger partial charge in [0, 0.05) is 6.42 Å². The summed E-state index contributed by atoms with van der Waals surface area (Å²) in [6, 6.07) is 5.93. The molecule has 1 aromatic rings. The van der Waals surface area contributed by atoms with E-state index >= 15 is 0 Å². The number of benzene rings is 1. The van der Waals surface area contributed by atoms with Crippen LogP contribution < -0.4 is 0 Å². The first-order valence-corrected chi connectivity index (χ1v) is 16.1. The summed E-state index contributed by atoms with van der Waals surface area (Å²) in [6.45, 7) is 1.92. The number of phenolic OH excluding ortho intramolecular Hbond substituents is 1. The molecule has 0 aliphatic heterocycles. The summed E-state index contributed by atoms with van der Waals surface area (Å²) in [5.74, 6) is -2.39. The molecule has 0 heterocycles. The molecule has 8 heteroatoms. The van der Waals surface area contributed by atoms with Gasteiger partial charge in [-0.3, -0.25) is 0 Å².